The van der Waals surface area contributed by atoms with Gasteiger partial charge in [0.05, 0.1) is 12.2 Å². The van der Waals surface area contributed by atoms with E-state index in [2.05, 4.69) is 9.88 Å². The Morgan fingerprint density at radius 1 is 1.40 bits per heavy atom. The molecule has 0 aromatic carbocycles. The van der Waals surface area contributed by atoms with Crippen molar-refractivity contribution in [2.24, 2.45) is 5.92 Å². The molecule has 1 aromatic heterocycles. The predicted molar refractivity (Wildman–Crippen MR) is 79.1 cm³/mol. The number of nitrogens with zero attached hydrogens (tertiary/aromatic N) is 2. The van der Waals surface area contributed by atoms with Crippen molar-refractivity contribution in [1.82, 2.24) is 4.98 Å². The molecule has 3 rings (SSSR count). The maximum absolute atomic E-state index is 10.7. The Hall–Kier alpha value is -1.29. The number of aliphatic hydroxyl groups is 1. The highest BCUT2D eigenvalue weighted by Crippen LogP contribution is 2.40. The molecule has 20 heavy (non-hydrogen) atoms. The van der Waals surface area contributed by atoms with Crippen LogP contribution in [0.25, 0.3) is 0 Å². The van der Waals surface area contributed by atoms with Crippen LogP contribution in [0, 0.1) is 5.92 Å². The highest BCUT2D eigenvalue weighted by atomic mass is 16.5. The van der Waals surface area contributed by atoms with Gasteiger partial charge >= 0.3 is 0 Å². The number of fused-ring (bicyclic) bond motifs is 1. The van der Waals surface area contributed by atoms with Gasteiger partial charge in [-0.2, -0.15) is 4.98 Å². The van der Waals surface area contributed by atoms with Crippen LogP contribution in [0.1, 0.15) is 39.0 Å². The molecule has 1 aliphatic heterocycles. The molecule has 4 heteroatoms. The van der Waals surface area contributed by atoms with Crippen LogP contribution in [0.3, 0.4) is 0 Å². The average Bonchev–Trinajstić information content (AvgIpc) is 2.47. The molecule has 0 amide bonds. The average molecular weight is 276 g/mol. The van der Waals surface area contributed by atoms with Gasteiger partial charge in [0.1, 0.15) is 5.82 Å². The maximum atomic E-state index is 10.7. The van der Waals surface area contributed by atoms with E-state index in [-0.39, 0.29) is 0 Å². The van der Waals surface area contributed by atoms with Crippen molar-refractivity contribution in [3.8, 4) is 5.88 Å². The number of hydrogen-bond acceptors (Lipinski definition) is 4. The number of aromatic nitrogens is 1. The zero-order chi connectivity index (χ0) is 14.0. The minimum Gasteiger partial charge on any atom is -0.478 e. The lowest BCUT2D eigenvalue weighted by Gasteiger charge is -2.47. The normalized spacial score (nSPS) is 29.9. The molecule has 1 saturated heterocycles. The molecular weight excluding hydrogens is 252 g/mol. The van der Waals surface area contributed by atoms with E-state index < -0.39 is 5.60 Å². The first kappa shape index (κ1) is 13.7. The van der Waals surface area contributed by atoms with E-state index in [1.807, 2.05) is 25.1 Å². The van der Waals surface area contributed by atoms with E-state index in [0.717, 1.165) is 38.2 Å². The topological polar surface area (TPSA) is 45.6 Å². The van der Waals surface area contributed by atoms with Crippen LogP contribution in [-0.2, 0) is 0 Å². The fourth-order valence-corrected chi connectivity index (χ4v) is 3.59. The summed E-state index contributed by atoms with van der Waals surface area (Å²) in [4.78, 5) is 6.87. The lowest BCUT2D eigenvalue weighted by Crippen LogP contribution is -2.53. The molecule has 0 bridgehead atoms. The molecule has 1 aromatic rings. The summed E-state index contributed by atoms with van der Waals surface area (Å²) in [5, 5.41) is 10.7. The van der Waals surface area contributed by atoms with Crippen molar-refractivity contribution in [3.63, 3.8) is 0 Å². The summed E-state index contributed by atoms with van der Waals surface area (Å²) in [5.41, 5.74) is -0.424. The summed E-state index contributed by atoms with van der Waals surface area (Å²) in [7, 11) is 0. The van der Waals surface area contributed by atoms with Gasteiger partial charge in [0.2, 0.25) is 5.88 Å². The lowest BCUT2D eigenvalue weighted by molar-refractivity contribution is -0.0613. The van der Waals surface area contributed by atoms with Gasteiger partial charge in [0.15, 0.2) is 0 Å². The summed E-state index contributed by atoms with van der Waals surface area (Å²) in [5.74, 6) is 2.06. The van der Waals surface area contributed by atoms with Crippen molar-refractivity contribution < 1.29 is 9.84 Å². The molecule has 2 aliphatic rings. The summed E-state index contributed by atoms with van der Waals surface area (Å²) < 4.78 is 5.48. The minimum atomic E-state index is -0.424. The molecule has 1 N–H and O–H groups in total. The first-order valence-electron chi connectivity index (χ1n) is 7.78. The minimum absolute atomic E-state index is 0.391. The van der Waals surface area contributed by atoms with Crippen LogP contribution < -0.4 is 9.64 Å². The van der Waals surface area contributed by atoms with Gasteiger partial charge < -0.3 is 14.7 Å². The summed E-state index contributed by atoms with van der Waals surface area (Å²) in [6.07, 6.45) is 5.38. The number of hydrogen-bond donors (Lipinski definition) is 1. The fraction of sp³-hybridized carbons (Fsp3) is 0.688. The second kappa shape index (κ2) is 5.60. The third kappa shape index (κ3) is 2.62. The van der Waals surface area contributed by atoms with Gasteiger partial charge in [-0.3, -0.25) is 0 Å². The highest BCUT2D eigenvalue weighted by molar-refractivity contribution is 5.41. The van der Waals surface area contributed by atoms with Crippen LogP contribution in [-0.4, -0.2) is 35.4 Å². The molecule has 0 radical (unpaired) electrons. The van der Waals surface area contributed by atoms with E-state index in [9.17, 15) is 5.11 Å². The van der Waals surface area contributed by atoms with E-state index in [1.165, 1.54) is 12.8 Å². The van der Waals surface area contributed by atoms with Crippen molar-refractivity contribution in [2.45, 2.75) is 44.6 Å². The van der Waals surface area contributed by atoms with Gasteiger partial charge in [0, 0.05) is 25.1 Å². The first-order valence-corrected chi connectivity index (χ1v) is 7.78. The van der Waals surface area contributed by atoms with E-state index in [4.69, 9.17) is 4.74 Å². The van der Waals surface area contributed by atoms with Crippen molar-refractivity contribution in [1.29, 1.82) is 0 Å². The number of piperidine rings is 1. The molecule has 0 spiro atoms. The van der Waals surface area contributed by atoms with Crippen LogP contribution in [0.5, 0.6) is 5.88 Å². The predicted octanol–water partition coefficient (Wildman–Crippen LogP) is 2.61. The largest absolute Gasteiger partial charge is 0.478 e. The molecule has 2 heterocycles. The Morgan fingerprint density at radius 2 is 2.30 bits per heavy atom. The highest BCUT2D eigenvalue weighted by Gasteiger charge is 2.42. The van der Waals surface area contributed by atoms with Gasteiger partial charge in [0.25, 0.3) is 0 Å². The maximum Gasteiger partial charge on any atom is 0.215 e. The van der Waals surface area contributed by atoms with E-state index >= 15 is 0 Å². The van der Waals surface area contributed by atoms with Crippen molar-refractivity contribution in [3.05, 3.63) is 18.2 Å². The van der Waals surface area contributed by atoms with Gasteiger partial charge in [-0.05, 0) is 32.3 Å². The summed E-state index contributed by atoms with van der Waals surface area (Å²) >= 11 is 0. The summed E-state index contributed by atoms with van der Waals surface area (Å²) in [6.45, 7) is 4.41. The quantitative estimate of drug-likeness (QED) is 0.922. The molecule has 1 aliphatic carbocycles. The van der Waals surface area contributed by atoms with Crippen LogP contribution in [0.2, 0.25) is 0 Å². The smallest absolute Gasteiger partial charge is 0.215 e. The Kier molecular flexibility index (Phi) is 3.83. The van der Waals surface area contributed by atoms with Gasteiger partial charge in [-0.15, -0.1) is 0 Å². The van der Waals surface area contributed by atoms with Gasteiger partial charge in [-0.25, -0.2) is 0 Å². The second-order valence-electron chi connectivity index (χ2n) is 6.01. The van der Waals surface area contributed by atoms with E-state index in [1.54, 1.807) is 0 Å². The molecule has 4 nitrogen and oxygen atoms in total. The third-order valence-electron chi connectivity index (χ3n) is 4.75. The van der Waals surface area contributed by atoms with Crippen molar-refractivity contribution >= 4 is 5.82 Å². The number of rotatable bonds is 3. The monoisotopic (exact) mass is 276 g/mol. The zero-order valence-electron chi connectivity index (χ0n) is 12.2. The first-order chi connectivity index (χ1) is 9.71. The van der Waals surface area contributed by atoms with E-state index in [0.29, 0.717) is 18.4 Å². The molecular formula is C16H24N2O2. The van der Waals surface area contributed by atoms with Crippen LogP contribution >= 0.6 is 0 Å². The molecule has 2 fully saturated rings. The SMILES string of the molecule is CCOc1cccc(N2CCC3(O)CCCCC3C2)n1. The Labute approximate surface area is 120 Å². The Morgan fingerprint density at radius 3 is 3.15 bits per heavy atom. The van der Waals surface area contributed by atoms with Gasteiger partial charge in [-0.1, -0.05) is 18.9 Å². The number of pyridine rings is 1. The molecule has 2 atom stereocenters. The lowest BCUT2D eigenvalue weighted by atomic mass is 9.71. The van der Waals surface area contributed by atoms with Crippen LogP contribution in [0.4, 0.5) is 5.82 Å². The standard InChI is InChI=1S/C16H24N2O2/c1-2-20-15-8-5-7-14(17-15)18-11-10-16(19)9-4-3-6-13(16)12-18/h5,7-8,13,19H,2-4,6,9-12H2,1H3. The molecule has 2 unspecified atom stereocenters. The molecule has 110 valence electrons. The second-order valence-corrected chi connectivity index (χ2v) is 6.01. The third-order valence-corrected chi connectivity index (χ3v) is 4.75. The summed E-state index contributed by atoms with van der Waals surface area (Å²) in [6, 6.07) is 5.93. The van der Waals surface area contributed by atoms with Crippen molar-refractivity contribution in [2.75, 3.05) is 24.6 Å². The zero-order valence-corrected chi connectivity index (χ0v) is 12.2. The fourth-order valence-electron chi connectivity index (χ4n) is 3.59. The Balaban J connectivity index is 1.74. The Bertz CT molecular complexity index is 466. The number of anilines is 1. The molecule has 1 saturated carbocycles. The van der Waals surface area contributed by atoms with Crippen LogP contribution in [0.15, 0.2) is 18.2 Å². The number of ether oxygens (including phenoxy) is 1.